The smallest absolute Gasteiger partial charge is 0.0648 e. The number of ether oxygens (including phenoxy) is 2. The van der Waals surface area contributed by atoms with Crippen LogP contribution in [-0.2, 0) is 9.47 Å². The molecule has 2 nitrogen and oxygen atoms in total. The summed E-state index contributed by atoms with van der Waals surface area (Å²) in [5.41, 5.74) is -0.0501. The normalized spacial score (nSPS) is 13.0. The van der Waals surface area contributed by atoms with Crippen molar-refractivity contribution in [3.05, 3.63) is 0 Å². The third kappa shape index (κ3) is 9.90. The van der Waals surface area contributed by atoms with Crippen LogP contribution in [0.3, 0.4) is 0 Å². The summed E-state index contributed by atoms with van der Waals surface area (Å²) in [6.45, 7) is 14.8. The second kappa shape index (κ2) is 8.92. The van der Waals surface area contributed by atoms with Gasteiger partial charge in [-0.15, -0.1) is 0 Å². The molecule has 0 bridgehead atoms. The molecule has 0 aliphatic carbocycles. The van der Waals surface area contributed by atoms with Crippen LogP contribution in [0.5, 0.6) is 0 Å². The van der Waals surface area contributed by atoms with E-state index in [9.17, 15) is 0 Å². The predicted octanol–water partition coefficient (Wildman–Crippen LogP) is 4.96. The first-order valence-corrected chi connectivity index (χ1v) is 7.61. The van der Waals surface area contributed by atoms with E-state index in [0.717, 1.165) is 32.5 Å². The Hall–Kier alpha value is -0.0800. The van der Waals surface area contributed by atoms with Gasteiger partial charge in [-0.05, 0) is 47.0 Å². The molecule has 0 spiro atoms. The Morgan fingerprint density at radius 1 is 0.667 bits per heavy atom. The molecule has 0 aliphatic rings. The summed E-state index contributed by atoms with van der Waals surface area (Å²) in [5, 5.41) is 0. The summed E-state index contributed by atoms with van der Waals surface area (Å²) in [6.07, 6.45) is 6.91. The average Bonchev–Trinajstić information content (AvgIpc) is 2.26. The first-order valence-electron chi connectivity index (χ1n) is 7.61. The molecule has 0 saturated carbocycles. The zero-order chi connectivity index (χ0) is 14.1. The van der Waals surface area contributed by atoms with Crippen molar-refractivity contribution in [1.82, 2.24) is 0 Å². The lowest BCUT2D eigenvalue weighted by molar-refractivity contribution is -0.0752. The number of rotatable bonds is 11. The van der Waals surface area contributed by atoms with E-state index in [0.29, 0.717) is 0 Å². The summed E-state index contributed by atoms with van der Waals surface area (Å²) in [5.74, 6) is 0. The number of hydrogen-bond donors (Lipinski definition) is 0. The van der Waals surface area contributed by atoms with Gasteiger partial charge in [0.1, 0.15) is 0 Å². The second-order valence-electron chi connectivity index (χ2n) is 6.42. The van der Waals surface area contributed by atoms with Gasteiger partial charge in [-0.2, -0.15) is 0 Å². The van der Waals surface area contributed by atoms with Gasteiger partial charge in [-0.3, -0.25) is 0 Å². The van der Waals surface area contributed by atoms with Gasteiger partial charge in [0.25, 0.3) is 0 Å². The molecule has 0 aromatic carbocycles. The topological polar surface area (TPSA) is 18.5 Å². The van der Waals surface area contributed by atoms with Crippen molar-refractivity contribution in [2.75, 3.05) is 13.2 Å². The van der Waals surface area contributed by atoms with E-state index in [1.54, 1.807) is 0 Å². The zero-order valence-electron chi connectivity index (χ0n) is 13.5. The van der Waals surface area contributed by atoms with E-state index in [-0.39, 0.29) is 11.2 Å². The molecule has 0 radical (unpaired) electrons. The zero-order valence-corrected chi connectivity index (χ0v) is 13.5. The minimum absolute atomic E-state index is 0.00943. The molecule has 0 heterocycles. The molecule has 0 N–H and O–H groups in total. The Labute approximate surface area is 114 Å². The average molecular weight is 258 g/mol. The van der Waals surface area contributed by atoms with Crippen LogP contribution >= 0.6 is 0 Å². The van der Waals surface area contributed by atoms with Crippen LogP contribution in [0.15, 0.2) is 0 Å². The molecule has 18 heavy (non-hydrogen) atoms. The van der Waals surface area contributed by atoms with Crippen molar-refractivity contribution in [2.24, 2.45) is 0 Å². The van der Waals surface area contributed by atoms with Gasteiger partial charge in [-0.1, -0.05) is 33.1 Å². The summed E-state index contributed by atoms with van der Waals surface area (Å²) in [4.78, 5) is 0. The maximum Gasteiger partial charge on any atom is 0.0648 e. The van der Waals surface area contributed by atoms with Crippen molar-refractivity contribution in [1.29, 1.82) is 0 Å². The van der Waals surface area contributed by atoms with Gasteiger partial charge in [0.05, 0.1) is 17.8 Å². The van der Waals surface area contributed by atoms with Gasteiger partial charge >= 0.3 is 0 Å². The first-order chi connectivity index (χ1) is 8.33. The van der Waals surface area contributed by atoms with Crippen LogP contribution in [0.4, 0.5) is 0 Å². The quantitative estimate of drug-likeness (QED) is 0.488. The monoisotopic (exact) mass is 258 g/mol. The van der Waals surface area contributed by atoms with Crippen molar-refractivity contribution >= 4 is 0 Å². The van der Waals surface area contributed by atoms with Crippen molar-refractivity contribution < 1.29 is 9.47 Å². The van der Waals surface area contributed by atoms with E-state index in [2.05, 4.69) is 41.5 Å². The second-order valence-corrected chi connectivity index (χ2v) is 6.42. The summed E-state index contributed by atoms with van der Waals surface area (Å²) >= 11 is 0. The predicted molar refractivity (Wildman–Crippen MR) is 79.1 cm³/mol. The molecule has 0 aromatic heterocycles. The summed E-state index contributed by atoms with van der Waals surface area (Å²) in [6, 6.07) is 0. The van der Waals surface area contributed by atoms with Gasteiger partial charge in [0, 0.05) is 6.61 Å². The maximum absolute atomic E-state index is 5.99. The Bertz CT molecular complexity index is 197. The molecular formula is C16H34O2. The van der Waals surface area contributed by atoms with Crippen molar-refractivity contribution in [3.8, 4) is 0 Å². The molecule has 0 aliphatic heterocycles. The number of hydrogen-bond acceptors (Lipinski definition) is 2. The largest absolute Gasteiger partial charge is 0.375 e. The SMILES string of the molecule is CCCCOC(C)(C)CCOC(C)(C)CCCC. The van der Waals surface area contributed by atoms with Crippen LogP contribution in [-0.4, -0.2) is 24.4 Å². The summed E-state index contributed by atoms with van der Waals surface area (Å²) in [7, 11) is 0. The molecule has 2 heteroatoms. The standard InChI is InChI=1S/C16H34O2/c1-7-9-11-15(3,4)18-14-12-16(5,6)17-13-10-8-2/h7-14H2,1-6H3. The van der Waals surface area contributed by atoms with Gasteiger partial charge in [0.2, 0.25) is 0 Å². The molecule has 0 unspecified atom stereocenters. The lowest BCUT2D eigenvalue weighted by Crippen LogP contribution is -2.31. The van der Waals surface area contributed by atoms with E-state index >= 15 is 0 Å². The Morgan fingerprint density at radius 2 is 1.17 bits per heavy atom. The Balaban J connectivity index is 3.79. The van der Waals surface area contributed by atoms with Gasteiger partial charge < -0.3 is 9.47 Å². The van der Waals surface area contributed by atoms with Crippen LogP contribution in [0.1, 0.15) is 80.1 Å². The molecule has 110 valence electrons. The van der Waals surface area contributed by atoms with Crippen LogP contribution < -0.4 is 0 Å². The third-order valence-electron chi connectivity index (χ3n) is 3.32. The Morgan fingerprint density at radius 3 is 1.72 bits per heavy atom. The highest BCUT2D eigenvalue weighted by molar-refractivity contribution is 4.72. The van der Waals surface area contributed by atoms with Gasteiger partial charge in [-0.25, -0.2) is 0 Å². The molecule has 0 saturated heterocycles. The lowest BCUT2D eigenvalue weighted by atomic mass is 10.0. The van der Waals surface area contributed by atoms with Crippen LogP contribution in [0.2, 0.25) is 0 Å². The molecule has 0 amide bonds. The lowest BCUT2D eigenvalue weighted by Gasteiger charge is -2.29. The minimum atomic E-state index is -0.0595. The van der Waals surface area contributed by atoms with E-state index in [1.165, 1.54) is 19.3 Å². The number of unbranched alkanes of at least 4 members (excludes halogenated alkanes) is 2. The fourth-order valence-electron chi connectivity index (χ4n) is 1.81. The van der Waals surface area contributed by atoms with Crippen LogP contribution in [0, 0.1) is 0 Å². The minimum Gasteiger partial charge on any atom is -0.375 e. The maximum atomic E-state index is 5.99. The first kappa shape index (κ1) is 17.9. The van der Waals surface area contributed by atoms with E-state index in [1.807, 2.05) is 0 Å². The van der Waals surface area contributed by atoms with Crippen LogP contribution in [0.25, 0.3) is 0 Å². The van der Waals surface area contributed by atoms with Crippen molar-refractivity contribution in [2.45, 2.75) is 91.3 Å². The van der Waals surface area contributed by atoms with E-state index < -0.39 is 0 Å². The van der Waals surface area contributed by atoms with Gasteiger partial charge in [0.15, 0.2) is 0 Å². The molecule has 0 aromatic rings. The Kier molecular flexibility index (Phi) is 8.89. The molecule has 0 rings (SSSR count). The molecule has 0 atom stereocenters. The molecular weight excluding hydrogens is 224 g/mol. The highest BCUT2D eigenvalue weighted by Gasteiger charge is 2.22. The highest BCUT2D eigenvalue weighted by atomic mass is 16.5. The van der Waals surface area contributed by atoms with E-state index in [4.69, 9.17) is 9.47 Å². The third-order valence-corrected chi connectivity index (χ3v) is 3.32. The fourth-order valence-corrected chi connectivity index (χ4v) is 1.81. The molecule has 0 fully saturated rings. The summed E-state index contributed by atoms with van der Waals surface area (Å²) < 4.78 is 11.9. The van der Waals surface area contributed by atoms with Crippen molar-refractivity contribution in [3.63, 3.8) is 0 Å². The fraction of sp³-hybridized carbons (Fsp3) is 1.00. The highest BCUT2D eigenvalue weighted by Crippen LogP contribution is 2.21.